The van der Waals surface area contributed by atoms with E-state index in [2.05, 4.69) is 105 Å². The number of quaternary nitrogens is 6. The number of nitrogens with zero attached hydrogens (tertiary/aromatic N) is 5. The Morgan fingerprint density at radius 1 is 0.378 bits per heavy atom. The second-order valence-corrected chi connectivity index (χ2v) is 38.9. The minimum Gasteiger partial charge on any atom is -0.457 e. The summed E-state index contributed by atoms with van der Waals surface area (Å²) < 4.78 is 49.5. The second kappa shape index (κ2) is 58.8. The van der Waals surface area contributed by atoms with E-state index >= 15 is 0 Å². The van der Waals surface area contributed by atoms with Crippen molar-refractivity contribution in [3.05, 3.63) is 144 Å². The molecule has 0 aliphatic heterocycles. The number of rotatable bonds is 32. The molecule has 0 unspecified atom stereocenters. The van der Waals surface area contributed by atoms with Crippen LogP contribution in [0.5, 0.6) is 0 Å². The van der Waals surface area contributed by atoms with Crippen LogP contribution in [-0.2, 0) is 66.6 Å². The molecule has 0 spiro atoms. The average Bonchev–Trinajstić information content (AvgIpc) is 0.742. The summed E-state index contributed by atoms with van der Waals surface area (Å²) in [7, 11) is 34.7. The lowest BCUT2D eigenvalue weighted by atomic mass is 9.49. The molecule has 0 saturated heterocycles. The van der Waals surface area contributed by atoms with Crippen molar-refractivity contribution >= 4 is 53.7 Å². The molecule has 4 aromatic carbocycles. The van der Waals surface area contributed by atoms with E-state index in [0.29, 0.717) is 96.1 Å². The summed E-state index contributed by atoms with van der Waals surface area (Å²) in [5.41, 5.74) is 2.46. The smallest absolute Gasteiger partial charge is 0.344 e. The van der Waals surface area contributed by atoms with E-state index in [9.17, 15) is 43.2 Å². The highest BCUT2D eigenvalue weighted by molar-refractivity contribution is 5.91. The molecule has 0 aromatic heterocycles. The van der Waals surface area contributed by atoms with Crippen LogP contribution in [-0.4, -0.2) is 295 Å². The molecule has 674 valence electrons. The van der Waals surface area contributed by atoms with Gasteiger partial charge in [-0.15, -0.1) is 0 Å². The maximum Gasteiger partial charge on any atom is 0.344 e. The van der Waals surface area contributed by atoms with Gasteiger partial charge in [0, 0.05) is 0 Å². The molecule has 1 N–H and O–H groups in total. The third-order valence-electron chi connectivity index (χ3n) is 18.0. The topological polar surface area (TPSA) is 241 Å². The maximum absolute atomic E-state index is 12.6. The molecule has 4 aromatic rings. The molecule has 24 nitrogen and oxygen atoms in total. The predicted molar refractivity (Wildman–Crippen MR) is 472 cm³/mol. The zero-order valence-corrected chi connectivity index (χ0v) is 78.5. The van der Waals surface area contributed by atoms with E-state index in [-0.39, 0.29) is 61.0 Å². The van der Waals surface area contributed by atoms with Crippen LogP contribution in [0.1, 0.15) is 194 Å². The van der Waals surface area contributed by atoms with Crippen LogP contribution < -0.4 is 4.90 Å². The van der Waals surface area contributed by atoms with Crippen molar-refractivity contribution in [2.45, 2.75) is 152 Å². The summed E-state index contributed by atoms with van der Waals surface area (Å²) in [6.07, 6.45) is 16.0. The summed E-state index contributed by atoms with van der Waals surface area (Å²) in [6.45, 7) is 25.9. The van der Waals surface area contributed by atoms with Crippen LogP contribution in [0, 0.1) is 40.4 Å². The number of esters is 9. The van der Waals surface area contributed by atoms with Crippen molar-refractivity contribution in [3.63, 3.8) is 0 Å². The highest BCUT2D eigenvalue weighted by Gasteiger charge is 2.55. The van der Waals surface area contributed by atoms with E-state index in [1.165, 1.54) is 49.8 Å². The van der Waals surface area contributed by atoms with Crippen molar-refractivity contribution in [3.8, 4) is 0 Å². The fourth-order valence-electron chi connectivity index (χ4n) is 11.9. The average molecular weight is 1680 g/mol. The largest absolute Gasteiger partial charge is 0.457 e. The van der Waals surface area contributed by atoms with Gasteiger partial charge in [-0.1, -0.05) is 174 Å². The number of nitrogens with one attached hydrogen (secondary N) is 1. The van der Waals surface area contributed by atoms with Crippen LogP contribution in [0.3, 0.4) is 0 Å². The third-order valence-corrected chi connectivity index (χ3v) is 18.0. The SMILES string of the molecule is CC(C)(C)C.CC(C)C.CCCCC.C[N+](C)(C)CCOC(=O)COC(=O)C12CC3CC(CC(C3)C1)C2.C[N+](C)(C)CCOC(=O)COC(=O)C1CCCCC1.C[N+](C)(C)CCOC(=O)COC(=O)c1ccccc1.C[N+](C)(C)CCOC(=O)c1ccccc1.C[N+](C)(C)CCOC(=O)c1ccccc1.C[NH+](C)CCOC(=O)c1ccccc1. The fourth-order valence-corrected chi connectivity index (χ4v) is 11.9. The van der Waals surface area contributed by atoms with Gasteiger partial charge in [0.25, 0.3) is 0 Å². The van der Waals surface area contributed by atoms with E-state index in [1.54, 1.807) is 66.7 Å². The number of likely N-dealkylation sites (N-methyl/N-ethyl adjacent to an activating group) is 6. The third kappa shape index (κ3) is 62.6. The van der Waals surface area contributed by atoms with Gasteiger partial charge in [0.1, 0.15) is 78.9 Å². The Balaban J connectivity index is 0.00000137. The Bertz CT molecular complexity index is 3320. The molecule has 9 rings (SSSR count). The molecule has 5 saturated carbocycles. The van der Waals surface area contributed by atoms with Crippen molar-refractivity contribution < 1.29 is 113 Å². The fraction of sp³-hybridized carbons (Fsp3) is 0.653. The summed E-state index contributed by atoms with van der Waals surface area (Å²) in [5, 5.41) is 0. The zero-order chi connectivity index (χ0) is 90.5. The first-order chi connectivity index (χ1) is 55.3. The normalized spacial score (nSPS) is 16.4. The molecular formula is C95H162N6O18+6. The number of ether oxygens (including phenoxy) is 9. The summed E-state index contributed by atoms with van der Waals surface area (Å²) in [4.78, 5) is 106. The molecular weight excluding hydrogens is 1510 g/mol. The number of unbranched alkanes of at least 4 members (excludes halogenated alkanes) is 2. The van der Waals surface area contributed by atoms with E-state index in [4.69, 9.17) is 42.6 Å². The zero-order valence-electron chi connectivity index (χ0n) is 78.5. The van der Waals surface area contributed by atoms with Gasteiger partial charge in [-0.05, 0) is 129 Å². The van der Waals surface area contributed by atoms with Gasteiger partial charge in [0.2, 0.25) is 0 Å². The van der Waals surface area contributed by atoms with Crippen LogP contribution in [0.15, 0.2) is 121 Å². The number of hydrogen-bond acceptors (Lipinski definition) is 18. The summed E-state index contributed by atoms with van der Waals surface area (Å²) in [5.74, 6) is -0.173. The van der Waals surface area contributed by atoms with Crippen molar-refractivity contribution in [1.29, 1.82) is 0 Å². The monoisotopic (exact) mass is 1680 g/mol. The quantitative estimate of drug-likeness (QED) is 0.0271. The van der Waals surface area contributed by atoms with Crippen LogP contribution >= 0.6 is 0 Å². The Morgan fingerprint density at radius 3 is 0.891 bits per heavy atom. The van der Waals surface area contributed by atoms with E-state index in [1.807, 2.05) is 132 Å². The van der Waals surface area contributed by atoms with Gasteiger partial charge in [-0.25, -0.2) is 33.6 Å². The maximum atomic E-state index is 12.6. The molecule has 0 radical (unpaired) electrons. The molecule has 5 aliphatic carbocycles. The molecule has 0 amide bonds. The number of carbonyl (C=O) groups excluding carboxylic acids is 9. The molecule has 119 heavy (non-hydrogen) atoms. The van der Waals surface area contributed by atoms with Crippen LogP contribution in [0.25, 0.3) is 0 Å². The van der Waals surface area contributed by atoms with Crippen LogP contribution in [0.4, 0.5) is 0 Å². The summed E-state index contributed by atoms with van der Waals surface area (Å²) in [6, 6.07) is 35.7. The minimum atomic E-state index is -0.530. The highest BCUT2D eigenvalue weighted by Crippen LogP contribution is 2.60. The van der Waals surface area contributed by atoms with Gasteiger partial charge in [0.05, 0.1) is 153 Å². The Labute approximate surface area is 718 Å². The number of hydrogen-bond donors (Lipinski definition) is 1. The number of carbonyl (C=O) groups is 9. The minimum absolute atomic E-state index is 0.0206. The first-order valence-corrected chi connectivity index (χ1v) is 42.9. The molecule has 4 bridgehead atoms. The first-order valence-electron chi connectivity index (χ1n) is 42.9. The highest BCUT2D eigenvalue weighted by atomic mass is 16.6. The van der Waals surface area contributed by atoms with Crippen molar-refractivity contribution in [2.75, 3.05) is 219 Å². The first kappa shape index (κ1) is 111. The standard InChI is InChI=1S/C18H30NO4.C14H26NO4.C14H20NO4.2C12H18NO2.C11H15NO2.2C5H12.C4H10/c1-19(2,3)4-5-22-16(20)12-23-17(21)18-9-13-6-14(10-18)8-15(7-13)11-18;2*1-15(2,3)9-10-18-13(16)11-19-14(17)12-7-5-4-6-8-12;2*1-13(2,3)9-10-15-12(14)11-7-5-4-6-8-11;1-12(2)8-9-14-11(13)10-6-4-3-5-7-10;1-5(2,3)4;1-3-5-4-2;1-4(2)3/h13-15H,4-12H2,1-3H3;12H,4-11H2,1-3H3;4-8H,9-11H2,1-3H3;2*4-8H,9-10H2,1-3H3;3-7H,8-9H2,1-2H3;1-4H3;3-5H2,1-2H3;4H,1-3H3/q5*+1;;;;/p+1. The van der Waals surface area contributed by atoms with Crippen molar-refractivity contribution in [1.82, 2.24) is 0 Å². The Morgan fingerprint density at radius 2 is 0.630 bits per heavy atom. The van der Waals surface area contributed by atoms with E-state index in [0.717, 1.165) is 102 Å². The lowest BCUT2D eigenvalue weighted by Crippen LogP contribution is -3.06. The molecule has 24 heteroatoms. The lowest BCUT2D eigenvalue weighted by Gasteiger charge is -2.55. The molecule has 0 heterocycles. The van der Waals surface area contributed by atoms with Gasteiger partial charge < -0.3 is 69.9 Å². The van der Waals surface area contributed by atoms with Gasteiger partial charge in [-0.3, -0.25) is 9.59 Å². The second-order valence-electron chi connectivity index (χ2n) is 38.9. The Hall–Kier alpha value is -8.13. The number of benzene rings is 4. The van der Waals surface area contributed by atoms with Crippen LogP contribution in [0.2, 0.25) is 0 Å². The summed E-state index contributed by atoms with van der Waals surface area (Å²) >= 11 is 0. The Kier molecular flexibility index (Phi) is 54.7. The molecule has 5 aliphatic rings. The predicted octanol–water partition coefficient (Wildman–Crippen LogP) is 13.4. The van der Waals surface area contributed by atoms with Gasteiger partial charge in [0.15, 0.2) is 19.8 Å². The van der Waals surface area contributed by atoms with E-state index < -0.39 is 23.9 Å². The van der Waals surface area contributed by atoms with Gasteiger partial charge >= 0.3 is 53.7 Å². The van der Waals surface area contributed by atoms with Crippen molar-refractivity contribution in [2.24, 2.45) is 40.4 Å². The lowest BCUT2D eigenvalue weighted by molar-refractivity contribution is -0.870. The molecule has 5 fully saturated rings. The molecule has 0 atom stereocenters. The van der Waals surface area contributed by atoms with Gasteiger partial charge in [-0.2, -0.15) is 0 Å².